The monoisotopic (exact) mass is 454 g/mol. The third-order valence-corrected chi connectivity index (χ3v) is 6.25. The number of carbonyl (C=O) groups is 3. The molecule has 0 saturated carbocycles. The molecule has 2 aliphatic rings. The number of fused-ring (bicyclic) bond motifs is 3. The van der Waals surface area contributed by atoms with Crippen LogP contribution in [0.1, 0.15) is 29.9 Å². The first kappa shape index (κ1) is 22.8. The van der Waals surface area contributed by atoms with Gasteiger partial charge in [-0.1, -0.05) is 48.5 Å². The van der Waals surface area contributed by atoms with Gasteiger partial charge in [0.1, 0.15) is 18.2 Å². The van der Waals surface area contributed by atoms with E-state index in [-0.39, 0.29) is 32.0 Å². The Morgan fingerprint density at radius 2 is 1.70 bits per heavy atom. The molecule has 1 aliphatic heterocycles. The van der Waals surface area contributed by atoms with E-state index >= 15 is 0 Å². The molecule has 0 spiro atoms. The lowest BCUT2D eigenvalue weighted by Gasteiger charge is -2.25. The van der Waals surface area contributed by atoms with Gasteiger partial charge in [-0.2, -0.15) is 0 Å². The number of amides is 2. The minimum atomic E-state index is -1.42. The molecule has 2 atom stereocenters. The number of aliphatic carboxylic acids is 1. The predicted molar refractivity (Wildman–Crippen MR) is 117 cm³/mol. The highest BCUT2D eigenvalue weighted by atomic mass is 16.5. The summed E-state index contributed by atoms with van der Waals surface area (Å²) in [5, 5.41) is 31.0. The van der Waals surface area contributed by atoms with Crippen molar-refractivity contribution in [1.29, 1.82) is 0 Å². The molecule has 2 unspecified atom stereocenters. The zero-order chi connectivity index (χ0) is 23.6. The van der Waals surface area contributed by atoms with Crippen molar-refractivity contribution >= 4 is 18.0 Å². The minimum absolute atomic E-state index is 0.0296. The molecule has 1 heterocycles. The number of aliphatic hydroxyl groups is 2. The topological polar surface area (TPSA) is 136 Å². The number of carboxylic acids is 1. The third-order valence-electron chi connectivity index (χ3n) is 6.25. The summed E-state index contributed by atoms with van der Waals surface area (Å²) in [6.07, 6.45) is -1.36. The molecule has 4 rings (SSSR count). The number of benzene rings is 2. The largest absolute Gasteiger partial charge is 0.481 e. The normalized spacial score (nSPS) is 20.1. The number of hydrogen-bond acceptors (Lipinski definition) is 6. The summed E-state index contributed by atoms with van der Waals surface area (Å²) in [7, 11) is 0. The van der Waals surface area contributed by atoms with Crippen LogP contribution < -0.4 is 5.32 Å². The molecule has 9 heteroatoms. The molecule has 2 amide bonds. The minimum Gasteiger partial charge on any atom is -0.481 e. The average molecular weight is 454 g/mol. The Balaban J connectivity index is 1.42. The first-order chi connectivity index (χ1) is 15.8. The summed E-state index contributed by atoms with van der Waals surface area (Å²) in [6, 6.07) is 14.4. The van der Waals surface area contributed by atoms with Crippen molar-refractivity contribution in [3.05, 3.63) is 59.7 Å². The number of nitrogens with zero attached hydrogens (tertiary/aromatic N) is 1. The van der Waals surface area contributed by atoms with Crippen molar-refractivity contribution in [2.24, 2.45) is 0 Å². The maximum atomic E-state index is 12.8. The van der Waals surface area contributed by atoms with Crippen LogP contribution >= 0.6 is 0 Å². The van der Waals surface area contributed by atoms with E-state index in [1.807, 2.05) is 48.5 Å². The lowest BCUT2D eigenvalue weighted by atomic mass is 9.98. The molecular weight excluding hydrogens is 428 g/mol. The fourth-order valence-electron chi connectivity index (χ4n) is 4.55. The van der Waals surface area contributed by atoms with Gasteiger partial charge in [-0.3, -0.25) is 9.59 Å². The second kappa shape index (κ2) is 9.21. The highest BCUT2D eigenvalue weighted by molar-refractivity contribution is 5.89. The van der Waals surface area contributed by atoms with E-state index in [1.165, 1.54) is 4.90 Å². The van der Waals surface area contributed by atoms with Crippen molar-refractivity contribution in [3.8, 4) is 11.1 Å². The van der Waals surface area contributed by atoms with Crippen LogP contribution in [0.2, 0.25) is 0 Å². The Morgan fingerprint density at radius 3 is 2.24 bits per heavy atom. The van der Waals surface area contributed by atoms with Crippen molar-refractivity contribution in [2.45, 2.75) is 30.4 Å². The summed E-state index contributed by atoms with van der Waals surface area (Å²) < 4.78 is 5.42. The highest BCUT2D eigenvalue weighted by Crippen LogP contribution is 2.44. The van der Waals surface area contributed by atoms with Crippen LogP contribution in [0.4, 0.5) is 4.79 Å². The lowest BCUT2D eigenvalue weighted by molar-refractivity contribution is -0.142. The van der Waals surface area contributed by atoms with Crippen molar-refractivity contribution in [1.82, 2.24) is 10.2 Å². The van der Waals surface area contributed by atoms with Gasteiger partial charge >= 0.3 is 12.1 Å². The molecule has 0 bridgehead atoms. The molecule has 174 valence electrons. The number of rotatable bonds is 7. The molecule has 1 saturated heterocycles. The smallest absolute Gasteiger partial charge is 0.407 e. The van der Waals surface area contributed by atoms with Gasteiger partial charge in [-0.15, -0.1) is 0 Å². The number of nitrogens with one attached hydrogen (secondary N) is 1. The van der Waals surface area contributed by atoms with E-state index in [2.05, 4.69) is 5.32 Å². The number of alkyl carbamates (subject to hydrolysis) is 1. The Morgan fingerprint density at radius 1 is 1.09 bits per heavy atom. The number of hydrogen-bond donors (Lipinski definition) is 4. The van der Waals surface area contributed by atoms with E-state index in [0.717, 1.165) is 22.3 Å². The van der Waals surface area contributed by atoms with Crippen molar-refractivity contribution in [3.63, 3.8) is 0 Å². The van der Waals surface area contributed by atoms with Gasteiger partial charge in [0.15, 0.2) is 0 Å². The van der Waals surface area contributed by atoms with E-state index in [0.29, 0.717) is 0 Å². The van der Waals surface area contributed by atoms with Gasteiger partial charge in [0.25, 0.3) is 0 Å². The molecule has 0 aromatic heterocycles. The van der Waals surface area contributed by atoms with Crippen molar-refractivity contribution < 1.29 is 34.4 Å². The summed E-state index contributed by atoms with van der Waals surface area (Å²) in [5.41, 5.74) is 2.79. The van der Waals surface area contributed by atoms with Crippen LogP contribution in [0, 0.1) is 0 Å². The van der Waals surface area contributed by atoms with E-state index in [1.54, 1.807) is 0 Å². The zero-order valence-corrected chi connectivity index (χ0v) is 17.9. The number of aliphatic hydroxyl groups excluding tert-OH is 1. The maximum Gasteiger partial charge on any atom is 0.407 e. The van der Waals surface area contributed by atoms with E-state index in [4.69, 9.17) is 4.74 Å². The lowest BCUT2D eigenvalue weighted by Crippen LogP contribution is -2.50. The van der Waals surface area contributed by atoms with Crippen LogP contribution in [0.5, 0.6) is 0 Å². The van der Waals surface area contributed by atoms with Crippen LogP contribution in [0.3, 0.4) is 0 Å². The van der Waals surface area contributed by atoms with Gasteiger partial charge in [0, 0.05) is 12.5 Å². The van der Waals surface area contributed by atoms with E-state index < -0.39 is 42.6 Å². The zero-order valence-electron chi connectivity index (χ0n) is 17.9. The maximum absolute atomic E-state index is 12.8. The standard InChI is InChI=1S/C24H26N2O7/c27-14-24(32)9-10-26(13-24)22(30)20(11-21(28)29)25-23(31)33-12-19-17-7-3-1-5-15(17)16-6-2-4-8-18(16)19/h1-8,19-20,27,32H,9-14H2,(H,25,31)(H,28,29). The second-order valence-electron chi connectivity index (χ2n) is 8.51. The van der Waals surface area contributed by atoms with Gasteiger partial charge < -0.3 is 30.3 Å². The number of carbonyl (C=O) groups excluding carboxylic acids is 2. The predicted octanol–water partition coefficient (Wildman–Crippen LogP) is 1.32. The SMILES string of the molecule is O=C(O)CC(NC(=O)OCC1c2ccccc2-c2ccccc21)C(=O)N1CCC(O)(CO)C1. The molecule has 33 heavy (non-hydrogen) atoms. The molecule has 1 fully saturated rings. The third kappa shape index (κ3) is 4.69. The van der Waals surface area contributed by atoms with Gasteiger partial charge in [0.05, 0.1) is 19.6 Å². The molecule has 1 aliphatic carbocycles. The summed E-state index contributed by atoms with van der Waals surface area (Å²) in [6.45, 7) is -0.467. The molecule has 4 N–H and O–H groups in total. The summed E-state index contributed by atoms with van der Waals surface area (Å²) in [5.74, 6) is -2.07. The molecule has 9 nitrogen and oxygen atoms in total. The second-order valence-corrected chi connectivity index (χ2v) is 8.51. The first-order valence-electron chi connectivity index (χ1n) is 10.8. The molecular formula is C24H26N2O7. The Labute approximate surface area is 190 Å². The summed E-state index contributed by atoms with van der Waals surface area (Å²) >= 11 is 0. The number of β-amino-alcohol motifs (C(OH)–C–C–N with tert-alkyl or cyclic N) is 1. The van der Waals surface area contributed by atoms with Crippen LogP contribution in [0.15, 0.2) is 48.5 Å². The molecule has 2 aromatic rings. The first-order valence-corrected chi connectivity index (χ1v) is 10.8. The van der Waals surface area contributed by atoms with Gasteiger partial charge in [-0.05, 0) is 28.7 Å². The van der Waals surface area contributed by atoms with E-state index in [9.17, 15) is 29.7 Å². The Hall–Kier alpha value is -3.43. The number of ether oxygens (including phenoxy) is 1. The van der Waals surface area contributed by atoms with Crippen LogP contribution in [-0.2, 0) is 14.3 Å². The summed E-state index contributed by atoms with van der Waals surface area (Å²) in [4.78, 5) is 37.9. The fourth-order valence-corrected chi connectivity index (χ4v) is 4.55. The fraction of sp³-hybridized carbons (Fsp3) is 0.375. The van der Waals surface area contributed by atoms with Crippen LogP contribution in [-0.4, -0.2) is 76.1 Å². The quantitative estimate of drug-likeness (QED) is 0.495. The molecule has 2 aromatic carbocycles. The number of likely N-dealkylation sites (tertiary alicyclic amines) is 1. The van der Waals surface area contributed by atoms with Crippen molar-refractivity contribution in [2.75, 3.05) is 26.3 Å². The number of carboxylic acid groups (broad SMARTS) is 1. The van der Waals surface area contributed by atoms with Gasteiger partial charge in [-0.25, -0.2) is 4.79 Å². The average Bonchev–Trinajstić information content (AvgIpc) is 3.35. The van der Waals surface area contributed by atoms with Gasteiger partial charge in [0.2, 0.25) is 5.91 Å². The molecule has 0 radical (unpaired) electrons. The Bertz CT molecular complexity index is 1030. The Kier molecular flexibility index (Phi) is 6.35. The highest BCUT2D eigenvalue weighted by Gasteiger charge is 2.40. The van der Waals surface area contributed by atoms with Crippen LogP contribution in [0.25, 0.3) is 11.1 Å².